The Morgan fingerprint density at radius 1 is 1.12 bits per heavy atom. The smallest absolute Gasteiger partial charge is 0.318 e. The van der Waals surface area contributed by atoms with Crippen molar-refractivity contribution in [1.82, 2.24) is 0 Å². The molecule has 0 aromatic heterocycles. The number of carbonyl (C=O) groups is 2. The van der Waals surface area contributed by atoms with Gasteiger partial charge < -0.3 is 9.74 Å². The van der Waals surface area contributed by atoms with Gasteiger partial charge in [-0.05, 0) is 42.0 Å². The lowest BCUT2D eigenvalue weighted by Crippen LogP contribution is -2.30. The van der Waals surface area contributed by atoms with Gasteiger partial charge in [0.15, 0.2) is 5.71 Å². The molecule has 3 rings (SSSR count). The summed E-state index contributed by atoms with van der Waals surface area (Å²) in [6.45, 7) is 1.39. The molecule has 0 spiro atoms. The number of carbonyl (C=O) groups excluding carboxylic acids is 2. The number of hydrogen-bond donors (Lipinski definition) is 0. The predicted octanol–water partition coefficient (Wildman–Crippen LogP) is 4.46. The third-order valence-corrected chi connectivity index (χ3v) is 4.39. The topological polar surface area (TPSA) is 59.0 Å². The Hall–Kier alpha value is -2.08. The zero-order chi connectivity index (χ0) is 18.1. The van der Waals surface area contributed by atoms with Gasteiger partial charge in [-0.25, -0.2) is 4.79 Å². The molecule has 1 heterocycles. The van der Waals surface area contributed by atoms with E-state index >= 15 is 0 Å². The van der Waals surface area contributed by atoms with Gasteiger partial charge in [-0.1, -0.05) is 40.0 Å². The van der Waals surface area contributed by atoms with Gasteiger partial charge in [0.1, 0.15) is 0 Å². The van der Waals surface area contributed by atoms with Crippen LogP contribution in [0.1, 0.15) is 18.1 Å². The van der Waals surface area contributed by atoms with Crippen molar-refractivity contribution in [2.24, 2.45) is 5.16 Å². The fraction of sp³-hybridized carbons (Fsp3) is 0.118. The van der Waals surface area contributed by atoms with Crippen molar-refractivity contribution in [3.8, 4) is 0 Å². The predicted molar refractivity (Wildman–Crippen MR) is 97.4 cm³/mol. The zero-order valence-electron chi connectivity index (χ0n) is 12.9. The highest BCUT2D eigenvalue weighted by Crippen LogP contribution is 2.34. The average molecular weight is 398 g/mol. The van der Waals surface area contributed by atoms with Crippen LogP contribution in [0.25, 0.3) is 0 Å². The molecule has 5 nitrogen and oxygen atoms in total. The highest BCUT2D eigenvalue weighted by molar-refractivity contribution is 6.54. The summed E-state index contributed by atoms with van der Waals surface area (Å²) in [5.74, 6) is -1.05. The second-order valence-corrected chi connectivity index (χ2v) is 6.59. The SMILES string of the molecule is CC(=O)O/N=C1/C(=O)N(Cc2cc(Cl)ccc2Cl)c2ccc(Cl)cc21. The molecular weight excluding hydrogens is 387 g/mol. The molecule has 0 bridgehead atoms. The quantitative estimate of drug-likeness (QED) is 0.567. The summed E-state index contributed by atoms with van der Waals surface area (Å²) in [7, 11) is 0. The maximum atomic E-state index is 12.8. The normalized spacial score (nSPS) is 14.8. The Balaban J connectivity index is 2.03. The van der Waals surface area contributed by atoms with Crippen molar-refractivity contribution in [3.63, 3.8) is 0 Å². The first-order valence-electron chi connectivity index (χ1n) is 7.18. The van der Waals surface area contributed by atoms with Crippen LogP contribution in [-0.4, -0.2) is 17.6 Å². The number of halogens is 3. The number of anilines is 1. The molecule has 0 aliphatic carbocycles. The Bertz CT molecular complexity index is 912. The fourth-order valence-electron chi connectivity index (χ4n) is 2.48. The van der Waals surface area contributed by atoms with Crippen LogP contribution in [0.15, 0.2) is 41.6 Å². The third-order valence-electron chi connectivity index (χ3n) is 3.55. The minimum atomic E-state index is -0.625. The standard InChI is InChI=1S/C17H11Cl3N2O3/c1-9(23)25-21-16-13-7-12(19)3-5-15(13)22(17(16)24)8-10-6-11(18)2-4-14(10)20/h2-7H,8H2,1H3/b21-16+. The van der Waals surface area contributed by atoms with E-state index in [1.165, 1.54) is 11.8 Å². The molecule has 0 atom stereocenters. The Kier molecular flexibility index (Phi) is 4.99. The van der Waals surface area contributed by atoms with Crippen molar-refractivity contribution < 1.29 is 14.4 Å². The monoisotopic (exact) mass is 396 g/mol. The third kappa shape index (κ3) is 3.63. The van der Waals surface area contributed by atoms with Crippen molar-refractivity contribution in [2.45, 2.75) is 13.5 Å². The number of oxime groups is 1. The lowest BCUT2D eigenvalue weighted by molar-refractivity contribution is -0.140. The van der Waals surface area contributed by atoms with Crippen LogP contribution in [0.5, 0.6) is 0 Å². The Morgan fingerprint density at radius 3 is 2.52 bits per heavy atom. The minimum Gasteiger partial charge on any atom is -0.318 e. The lowest BCUT2D eigenvalue weighted by Gasteiger charge is -2.18. The van der Waals surface area contributed by atoms with Crippen molar-refractivity contribution in [2.75, 3.05) is 4.90 Å². The second kappa shape index (κ2) is 7.04. The molecule has 25 heavy (non-hydrogen) atoms. The molecule has 2 aromatic rings. The number of benzene rings is 2. The number of rotatable bonds is 3. The van der Waals surface area contributed by atoms with Crippen LogP contribution in [0.4, 0.5) is 5.69 Å². The van der Waals surface area contributed by atoms with Crippen molar-refractivity contribution in [1.29, 1.82) is 0 Å². The largest absolute Gasteiger partial charge is 0.332 e. The van der Waals surface area contributed by atoms with Crippen LogP contribution < -0.4 is 4.90 Å². The molecule has 1 aliphatic heterocycles. The van der Waals surface area contributed by atoms with Crippen LogP contribution in [0, 0.1) is 0 Å². The van der Waals surface area contributed by atoms with Gasteiger partial charge in [0.25, 0.3) is 5.91 Å². The van der Waals surface area contributed by atoms with E-state index in [1.807, 2.05) is 0 Å². The van der Waals surface area contributed by atoms with Gasteiger partial charge in [-0.2, -0.15) is 0 Å². The first-order chi connectivity index (χ1) is 11.9. The Morgan fingerprint density at radius 2 is 1.80 bits per heavy atom. The maximum absolute atomic E-state index is 12.8. The molecule has 1 aliphatic rings. The molecule has 0 fully saturated rings. The first-order valence-corrected chi connectivity index (χ1v) is 8.31. The molecular formula is C17H11Cl3N2O3. The molecule has 8 heteroatoms. The van der Waals surface area contributed by atoms with E-state index in [4.69, 9.17) is 34.8 Å². The summed E-state index contributed by atoms with van der Waals surface area (Å²) >= 11 is 18.2. The number of hydrogen-bond acceptors (Lipinski definition) is 4. The minimum absolute atomic E-state index is 0.00542. The lowest BCUT2D eigenvalue weighted by atomic mass is 10.1. The summed E-state index contributed by atoms with van der Waals surface area (Å²) in [5, 5.41) is 5.11. The van der Waals surface area contributed by atoms with E-state index in [2.05, 4.69) is 9.99 Å². The van der Waals surface area contributed by atoms with Crippen molar-refractivity contribution in [3.05, 3.63) is 62.6 Å². The van der Waals surface area contributed by atoms with E-state index in [9.17, 15) is 9.59 Å². The number of nitrogens with zero attached hydrogens (tertiary/aromatic N) is 2. The molecule has 0 radical (unpaired) electrons. The molecule has 0 saturated carbocycles. The summed E-state index contributed by atoms with van der Waals surface area (Å²) in [4.78, 5) is 29.9. The zero-order valence-corrected chi connectivity index (χ0v) is 15.2. The van der Waals surface area contributed by atoms with E-state index in [0.717, 1.165) is 0 Å². The van der Waals surface area contributed by atoms with Gasteiger partial charge in [0.2, 0.25) is 0 Å². The highest BCUT2D eigenvalue weighted by Gasteiger charge is 2.35. The molecule has 128 valence electrons. The molecule has 1 amide bonds. The van der Waals surface area contributed by atoms with Gasteiger partial charge in [-0.3, -0.25) is 4.79 Å². The van der Waals surface area contributed by atoms with Gasteiger partial charge in [0.05, 0.1) is 12.2 Å². The molecule has 0 saturated heterocycles. The van der Waals surface area contributed by atoms with Gasteiger partial charge in [0, 0.05) is 27.6 Å². The van der Waals surface area contributed by atoms with Crippen LogP contribution >= 0.6 is 34.8 Å². The summed E-state index contributed by atoms with van der Waals surface area (Å²) in [5.41, 5.74) is 1.76. The number of amides is 1. The summed E-state index contributed by atoms with van der Waals surface area (Å²) < 4.78 is 0. The summed E-state index contributed by atoms with van der Waals surface area (Å²) in [6, 6.07) is 9.97. The summed E-state index contributed by atoms with van der Waals surface area (Å²) in [6.07, 6.45) is 0. The van der Waals surface area contributed by atoms with E-state index < -0.39 is 11.9 Å². The van der Waals surface area contributed by atoms with E-state index in [1.54, 1.807) is 36.4 Å². The molecule has 2 aromatic carbocycles. The van der Waals surface area contributed by atoms with E-state index in [-0.39, 0.29) is 12.3 Å². The second-order valence-electron chi connectivity index (χ2n) is 5.31. The van der Waals surface area contributed by atoms with Crippen LogP contribution in [-0.2, 0) is 21.0 Å². The van der Waals surface area contributed by atoms with Gasteiger partial charge in [-0.15, -0.1) is 0 Å². The Labute approximate surface area is 158 Å². The molecule has 0 unspecified atom stereocenters. The molecule has 0 N–H and O–H groups in total. The van der Waals surface area contributed by atoms with Crippen LogP contribution in [0.2, 0.25) is 15.1 Å². The number of fused-ring (bicyclic) bond motifs is 1. The average Bonchev–Trinajstić information content (AvgIpc) is 2.80. The maximum Gasteiger partial charge on any atom is 0.332 e. The highest BCUT2D eigenvalue weighted by atomic mass is 35.5. The van der Waals surface area contributed by atoms with Gasteiger partial charge >= 0.3 is 5.97 Å². The van der Waals surface area contributed by atoms with Crippen molar-refractivity contribution >= 4 is 58.1 Å². The van der Waals surface area contributed by atoms with Crippen LogP contribution in [0.3, 0.4) is 0 Å². The fourth-order valence-corrected chi connectivity index (χ4v) is 3.02. The first kappa shape index (κ1) is 17.7. The van der Waals surface area contributed by atoms with E-state index in [0.29, 0.717) is 31.9 Å².